The van der Waals surface area contributed by atoms with Gasteiger partial charge in [-0.3, -0.25) is 0 Å². The number of imidazole rings is 1. The number of halogens is 1. The summed E-state index contributed by atoms with van der Waals surface area (Å²) in [6.45, 7) is 1.79. The summed E-state index contributed by atoms with van der Waals surface area (Å²) >= 11 is 6.25. The highest BCUT2D eigenvalue weighted by Crippen LogP contribution is 2.38. The first kappa shape index (κ1) is 14.7. The molecule has 0 saturated carbocycles. The molecule has 0 radical (unpaired) electrons. The van der Waals surface area contributed by atoms with Crippen molar-refractivity contribution in [1.29, 1.82) is 0 Å². The lowest BCUT2D eigenvalue weighted by Gasteiger charge is -2.02. The predicted octanol–water partition coefficient (Wildman–Crippen LogP) is 3.87. The summed E-state index contributed by atoms with van der Waals surface area (Å²) in [6, 6.07) is 11.4. The third-order valence-corrected chi connectivity index (χ3v) is 3.99. The van der Waals surface area contributed by atoms with Gasteiger partial charge in [-0.1, -0.05) is 41.9 Å². The summed E-state index contributed by atoms with van der Waals surface area (Å²) in [6.07, 6.45) is 0.522. The van der Waals surface area contributed by atoms with Crippen LogP contribution in [0.4, 0.5) is 0 Å². The molecule has 2 aromatic carbocycles. The fourth-order valence-electron chi connectivity index (χ4n) is 2.60. The van der Waals surface area contributed by atoms with Crippen molar-refractivity contribution in [3.63, 3.8) is 0 Å². The number of benzene rings is 2. The van der Waals surface area contributed by atoms with Crippen LogP contribution in [0.25, 0.3) is 22.5 Å². The molecule has 0 aliphatic heterocycles. The number of hydrogen-bond acceptors (Lipinski definition) is 5. The van der Waals surface area contributed by atoms with Gasteiger partial charge in [0.25, 0.3) is 5.89 Å². The molecule has 4 rings (SSSR count). The van der Waals surface area contributed by atoms with Crippen molar-refractivity contribution < 1.29 is 9.52 Å². The summed E-state index contributed by atoms with van der Waals surface area (Å²) in [5, 5.41) is 19.0. The Balaban J connectivity index is 1.74. The van der Waals surface area contributed by atoms with Crippen molar-refractivity contribution in [3.8, 4) is 17.2 Å². The van der Waals surface area contributed by atoms with Gasteiger partial charge in [-0.2, -0.15) is 0 Å². The smallest absolute Gasteiger partial charge is 0.251 e. The van der Waals surface area contributed by atoms with Crippen molar-refractivity contribution in [1.82, 2.24) is 20.2 Å². The quantitative estimate of drug-likeness (QED) is 0.591. The first-order chi connectivity index (χ1) is 11.6. The van der Waals surface area contributed by atoms with E-state index in [2.05, 4.69) is 20.2 Å². The molecule has 0 bridgehead atoms. The van der Waals surface area contributed by atoms with Crippen LogP contribution in [0.2, 0.25) is 5.02 Å². The predicted molar refractivity (Wildman–Crippen MR) is 90.0 cm³/mol. The highest BCUT2D eigenvalue weighted by Gasteiger charge is 2.19. The van der Waals surface area contributed by atoms with Crippen molar-refractivity contribution in [2.24, 2.45) is 0 Å². The maximum absolute atomic E-state index is 10.5. The minimum Gasteiger partial charge on any atom is -0.505 e. The van der Waals surface area contributed by atoms with E-state index < -0.39 is 0 Å². The summed E-state index contributed by atoms with van der Waals surface area (Å²) in [4.78, 5) is 7.24. The zero-order valence-electron chi connectivity index (χ0n) is 12.7. The summed E-state index contributed by atoms with van der Waals surface area (Å²) in [7, 11) is 0. The Bertz CT molecular complexity index is 1020. The van der Waals surface area contributed by atoms with Gasteiger partial charge >= 0.3 is 0 Å². The normalized spacial score (nSPS) is 11.2. The zero-order chi connectivity index (χ0) is 16.7. The highest BCUT2D eigenvalue weighted by molar-refractivity contribution is 6.35. The molecule has 0 aliphatic rings. The first-order valence-corrected chi connectivity index (χ1v) is 7.74. The van der Waals surface area contributed by atoms with Gasteiger partial charge in [0.05, 0.1) is 17.0 Å². The van der Waals surface area contributed by atoms with Crippen molar-refractivity contribution >= 4 is 22.6 Å². The fourth-order valence-corrected chi connectivity index (χ4v) is 2.85. The topological polar surface area (TPSA) is 87.8 Å². The van der Waals surface area contributed by atoms with Gasteiger partial charge in [0.1, 0.15) is 16.9 Å². The van der Waals surface area contributed by atoms with E-state index in [0.717, 1.165) is 5.56 Å². The van der Waals surface area contributed by atoms with Gasteiger partial charge in [0.15, 0.2) is 5.75 Å². The summed E-state index contributed by atoms with van der Waals surface area (Å²) in [5.74, 6) is 1.33. The van der Waals surface area contributed by atoms with E-state index in [0.29, 0.717) is 39.8 Å². The molecule has 6 nitrogen and oxygen atoms in total. The number of aromatic nitrogens is 4. The molecule has 0 fully saturated rings. The fraction of sp³-hybridized carbons (Fsp3) is 0.118. The second-order valence-corrected chi connectivity index (χ2v) is 5.87. The average molecular weight is 341 g/mol. The largest absolute Gasteiger partial charge is 0.505 e. The standard InChI is InChI=1S/C17H13ClN4O2/c1-9-19-14-12(18)8-11(16(23)15(14)20-9)17-22-21-13(24-17)7-10-5-3-2-4-6-10/h2-6,8,23H,7H2,1H3,(H,19,20). The second-order valence-electron chi connectivity index (χ2n) is 5.46. The molecule has 7 heteroatoms. The molecule has 2 aromatic heterocycles. The van der Waals surface area contributed by atoms with Gasteiger partial charge in [-0.15, -0.1) is 10.2 Å². The van der Waals surface area contributed by atoms with Crippen LogP contribution in [0.3, 0.4) is 0 Å². The number of rotatable bonds is 3. The Kier molecular flexibility index (Phi) is 3.46. The monoisotopic (exact) mass is 340 g/mol. The van der Waals surface area contributed by atoms with E-state index in [-0.39, 0.29) is 11.6 Å². The van der Waals surface area contributed by atoms with Crippen LogP contribution in [0.5, 0.6) is 5.75 Å². The maximum Gasteiger partial charge on any atom is 0.251 e. The number of fused-ring (bicyclic) bond motifs is 1. The van der Waals surface area contributed by atoms with Crippen LogP contribution in [0.15, 0.2) is 40.8 Å². The Morgan fingerprint density at radius 3 is 2.79 bits per heavy atom. The number of phenolic OH excluding ortho intramolecular Hbond substituents is 1. The number of nitrogens with one attached hydrogen (secondary N) is 1. The lowest BCUT2D eigenvalue weighted by molar-refractivity contribution is 0.474. The molecule has 4 aromatic rings. The van der Waals surface area contributed by atoms with Crippen LogP contribution >= 0.6 is 11.6 Å². The van der Waals surface area contributed by atoms with Crippen LogP contribution in [-0.4, -0.2) is 25.3 Å². The molecule has 0 spiro atoms. The minimum absolute atomic E-state index is 0.00934. The second kappa shape index (κ2) is 5.65. The molecule has 120 valence electrons. The Morgan fingerprint density at radius 1 is 1.21 bits per heavy atom. The van der Waals surface area contributed by atoms with Crippen LogP contribution in [0, 0.1) is 6.92 Å². The molecule has 2 N–H and O–H groups in total. The number of aromatic hydroxyl groups is 1. The maximum atomic E-state index is 10.5. The van der Waals surface area contributed by atoms with E-state index in [4.69, 9.17) is 16.0 Å². The van der Waals surface area contributed by atoms with Gasteiger partial charge in [0, 0.05) is 0 Å². The SMILES string of the molecule is Cc1nc2c(Cl)cc(-c3nnc(Cc4ccccc4)o3)c(O)c2[nH]1. The third kappa shape index (κ3) is 2.51. The molecule has 0 aliphatic carbocycles. The average Bonchev–Trinajstić information content (AvgIpc) is 3.19. The molecule has 0 unspecified atom stereocenters. The van der Waals surface area contributed by atoms with E-state index in [9.17, 15) is 5.11 Å². The van der Waals surface area contributed by atoms with Crippen LogP contribution < -0.4 is 0 Å². The van der Waals surface area contributed by atoms with E-state index in [1.165, 1.54) is 0 Å². The Morgan fingerprint density at radius 2 is 2.00 bits per heavy atom. The minimum atomic E-state index is -0.00934. The number of aryl methyl sites for hydroxylation is 1. The number of nitrogens with zero attached hydrogens (tertiary/aromatic N) is 3. The van der Waals surface area contributed by atoms with Gasteiger partial charge in [-0.25, -0.2) is 4.98 Å². The molecule has 0 amide bonds. The Hall–Kier alpha value is -2.86. The van der Waals surface area contributed by atoms with E-state index in [1.807, 2.05) is 30.3 Å². The number of phenols is 1. The van der Waals surface area contributed by atoms with Crippen molar-refractivity contribution in [2.75, 3.05) is 0 Å². The molecular formula is C17H13ClN4O2. The van der Waals surface area contributed by atoms with Crippen LogP contribution in [0.1, 0.15) is 17.3 Å². The van der Waals surface area contributed by atoms with Crippen LogP contribution in [-0.2, 0) is 6.42 Å². The molecule has 24 heavy (non-hydrogen) atoms. The lowest BCUT2D eigenvalue weighted by atomic mass is 10.1. The third-order valence-electron chi connectivity index (χ3n) is 3.71. The van der Waals surface area contributed by atoms with E-state index in [1.54, 1.807) is 13.0 Å². The number of hydrogen-bond donors (Lipinski definition) is 2. The van der Waals surface area contributed by atoms with E-state index >= 15 is 0 Å². The zero-order valence-corrected chi connectivity index (χ0v) is 13.5. The number of H-pyrrole nitrogens is 1. The van der Waals surface area contributed by atoms with Crippen molar-refractivity contribution in [3.05, 3.63) is 58.7 Å². The Labute approximate surface area is 142 Å². The number of aromatic amines is 1. The van der Waals surface area contributed by atoms with Gasteiger partial charge in [-0.05, 0) is 18.6 Å². The van der Waals surface area contributed by atoms with Gasteiger partial charge in [0.2, 0.25) is 5.89 Å². The molecule has 0 atom stereocenters. The highest BCUT2D eigenvalue weighted by atomic mass is 35.5. The van der Waals surface area contributed by atoms with Gasteiger partial charge < -0.3 is 14.5 Å². The molecule has 0 saturated heterocycles. The molecule has 2 heterocycles. The lowest BCUT2D eigenvalue weighted by Crippen LogP contribution is -1.87. The molecular weight excluding hydrogens is 328 g/mol. The summed E-state index contributed by atoms with van der Waals surface area (Å²) < 4.78 is 5.69. The summed E-state index contributed by atoms with van der Waals surface area (Å²) in [5.41, 5.74) is 2.41. The first-order valence-electron chi connectivity index (χ1n) is 7.36. The van der Waals surface area contributed by atoms with Crippen molar-refractivity contribution in [2.45, 2.75) is 13.3 Å².